The average Bonchev–Trinajstić information content (AvgIpc) is 2.25. The number of rotatable bonds is 6. The molecular formula is C14H19N. The molecule has 0 radical (unpaired) electrons. The van der Waals surface area contributed by atoms with Gasteiger partial charge in [0, 0.05) is 12.6 Å². The second-order valence-corrected chi connectivity index (χ2v) is 3.82. The maximum absolute atomic E-state index is 3.96. The van der Waals surface area contributed by atoms with Gasteiger partial charge in [-0.05, 0) is 18.9 Å². The van der Waals surface area contributed by atoms with Gasteiger partial charge in [0.2, 0.25) is 0 Å². The summed E-state index contributed by atoms with van der Waals surface area (Å²) in [5.74, 6) is 0. The lowest BCUT2D eigenvalue weighted by Crippen LogP contribution is -2.21. The van der Waals surface area contributed by atoms with E-state index < -0.39 is 0 Å². The zero-order valence-corrected chi connectivity index (χ0v) is 9.37. The second kappa shape index (κ2) is 6.20. The Balaban J connectivity index is 2.71. The zero-order chi connectivity index (χ0) is 11.1. The highest BCUT2D eigenvalue weighted by Crippen LogP contribution is 2.19. The van der Waals surface area contributed by atoms with Crippen LogP contribution in [0.15, 0.2) is 55.1 Å². The monoisotopic (exact) mass is 201 g/mol. The molecule has 0 bridgehead atoms. The van der Waals surface area contributed by atoms with Crippen LogP contribution in [0.5, 0.6) is 0 Å². The molecule has 1 N–H and O–H groups in total. The second-order valence-electron chi connectivity index (χ2n) is 3.82. The fraction of sp³-hybridized carbons (Fsp3) is 0.286. The molecule has 0 aliphatic carbocycles. The third-order valence-electron chi connectivity index (χ3n) is 2.26. The van der Waals surface area contributed by atoms with Gasteiger partial charge in [-0.1, -0.05) is 42.0 Å². The molecule has 0 aromatic heterocycles. The standard InChI is InChI=1S/C14H19N/c1-4-10-15-14(11-12(2)3)13-8-6-5-7-9-13/h4-9,14-15H,1-2,10-11H2,3H3. The molecule has 0 aliphatic heterocycles. The molecule has 80 valence electrons. The zero-order valence-electron chi connectivity index (χ0n) is 9.37. The Kier molecular flexibility index (Phi) is 4.85. The summed E-state index contributed by atoms with van der Waals surface area (Å²) in [7, 11) is 0. The summed E-state index contributed by atoms with van der Waals surface area (Å²) < 4.78 is 0. The molecule has 1 heteroatoms. The highest BCUT2D eigenvalue weighted by Gasteiger charge is 2.09. The van der Waals surface area contributed by atoms with Crippen molar-refractivity contribution in [2.75, 3.05) is 6.54 Å². The van der Waals surface area contributed by atoms with Gasteiger partial charge in [0.05, 0.1) is 0 Å². The van der Waals surface area contributed by atoms with E-state index in [2.05, 4.69) is 49.7 Å². The van der Waals surface area contributed by atoms with Gasteiger partial charge in [-0.15, -0.1) is 13.2 Å². The van der Waals surface area contributed by atoms with Crippen LogP contribution in [0, 0.1) is 0 Å². The average molecular weight is 201 g/mol. The minimum Gasteiger partial charge on any atom is -0.306 e. The van der Waals surface area contributed by atoms with Gasteiger partial charge < -0.3 is 5.32 Å². The lowest BCUT2D eigenvalue weighted by molar-refractivity contribution is 0.563. The van der Waals surface area contributed by atoms with Crippen LogP contribution in [-0.4, -0.2) is 6.54 Å². The Hall–Kier alpha value is -1.34. The van der Waals surface area contributed by atoms with E-state index in [1.54, 1.807) is 0 Å². The molecule has 1 unspecified atom stereocenters. The van der Waals surface area contributed by atoms with Crippen molar-refractivity contribution < 1.29 is 0 Å². The maximum Gasteiger partial charge on any atom is 0.0360 e. The van der Waals surface area contributed by atoms with Gasteiger partial charge in [0.1, 0.15) is 0 Å². The summed E-state index contributed by atoms with van der Waals surface area (Å²) in [4.78, 5) is 0. The van der Waals surface area contributed by atoms with E-state index in [1.807, 2.05) is 12.1 Å². The molecule has 1 aromatic carbocycles. The topological polar surface area (TPSA) is 12.0 Å². The van der Waals surface area contributed by atoms with Crippen molar-refractivity contribution in [3.05, 3.63) is 60.7 Å². The highest BCUT2D eigenvalue weighted by molar-refractivity contribution is 5.20. The molecule has 0 saturated heterocycles. The third-order valence-corrected chi connectivity index (χ3v) is 2.26. The molecule has 1 atom stereocenters. The van der Waals surface area contributed by atoms with E-state index in [4.69, 9.17) is 0 Å². The van der Waals surface area contributed by atoms with Crippen LogP contribution in [0.1, 0.15) is 24.9 Å². The molecule has 1 aromatic rings. The summed E-state index contributed by atoms with van der Waals surface area (Å²) in [6.45, 7) is 10.6. The van der Waals surface area contributed by atoms with Crippen LogP contribution >= 0.6 is 0 Å². The molecule has 1 rings (SSSR count). The number of nitrogens with one attached hydrogen (secondary N) is 1. The van der Waals surface area contributed by atoms with E-state index in [0.29, 0.717) is 6.04 Å². The minimum absolute atomic E-state index is 0.349. The Morgan fingerprint density at radius 2 is 2.07 bits per heavy atom. The number of hydrogen-bond donors (Lipinski definition) is 1. The smallest absolute Gasteiger partial charge is 0.0360 e. The molecule has 15 heavy (non-hydrogen) atoms. The molecule has 1 nitrogen and oxygen atoms in total. The summed E-state index contributed by atoms with van der Waals surface area (Å²) in [6.07, 6.45) is 2.85. The van der Waals surface area contributed by atoms with Crippen LogP contribution in [0.4, 0.5) is 0 Å². The van der Waals surface area contributed by atoms with Crippen LogP contribution < -0.4 is 5.32 Å². The molecule has 0 heterocycles. The lowest BCUT2D eigenvalue weighted by Gasteiger charge is -2.18. The van der Waals surface area contributed by atoms with Gasteiger partial charge >= 0.3 is 0 Å². The molecule has 0 saturated carbocycles. The van der Waals surface area contributed by atoms with Crippen LogP contribution in [-0.2, 0) is 0 Å². The van der Waals surface area contributed by atoms with Crippen molar-refractivity contribution in [2.24, 2.45) is 0 Å². The first kappa shape index (κ1) is 11.7. The summed E-state index contributed by atoms with van der Waals surface area (Å²) in [6, 6.07) is 10.8. The first-order valence-electron chi connectivity index (χ1n) is 5.27. The minimum atomic E-state index is 0.349. The molecule has 0 fully saturated rings. The summed E-state index contributed by atoms with van der Waals surface area (Å²) in [5.41, 5.74) is 2.50. The molecule has 0 spiro atoms. The van der Waals surface area contributed by atoms with Crippen molar-refractivity contribution in [1.29, 1.82) is 0 Å². The fourth-order valence-corrected chi connectivity index (χ4v) is 1.57. The van der Waals surface area contributed by atoms with Gasteiger partial charge in [-0.2, -0.15) is 0 Å². The first-order valence-corrected chi connectivity index (χ1v) is 5.27. The normalized spacial score (nSPS) is 12.1. The Bertz CT molecular complexity index is 313. The van der Waals surface area contributed by atoms with Crippen molar-refractivity contribution in [1.82, 2.24) is 5.32 Å². The quantitative estimate of drug-likeness (QED) is 0.695. The lowest BCUT2D eigenvalue weighted by atomic mass is 10.0. The first-order chi connectivity index (χ1) is 7.24. The van der Waals surface area contributed by atoms with Crippen molar-refractivity contribution >= 4 is 0 Å². The van der Waals surface area contributed by atoms with E-state index in [9.17, 15) is 0 Å². The Morgan fingerprint density at radius 1 is 1.40 bits per heavy atom. The van der Waals surface area contributed by atoms with Crippen LogP contribution in [0.25, 0.3) is 0 Å². The highest BCUT2D eigenvalue weighted by atomic mass is 14.9. The fourth-order valence-electron chi connectivity index (χ4n) is 1.57. The van der Waals surface area contributed by atoms with Crippen molar-refractivity contribution in [3.8, 4) is 0 Å². The van der Waals surface area contributed by atoms with E-state index in [1.165, 1.54) is 11.1 Å². The Morgan fingerprint density at radius 3 is 2.60 bits per heavy atom. The van der Waals surface area contributed by atoms with Gasteiger partial charge in [0.25, 0.3) is 0 Å². The third kappa shape index (κ3) is 4.13. The molecular weight excluding hydrogens is 182 g/mol. The summed E-state index contributed by atoms with van der Waals surface area (Å²) >= 11 is 0. The van der Waals surface area contributed by atoms with Crippen LogP contribution in [0.3, 0.4) is 0 Å². The SMILES string of the molecule is C=CCNC(CC(=C)C)c1ccccc1. The van der Waals surface area contributed by atoms with E-state index in [0.717, 1.165) is 13.0 Å². The van der Waals surface area contributed by atoms with Crippen molar-refractivity contribution in [3.63, 3.8) is 0 Å². The number of hydrogen-bond acceptors (Lipinski definition) is 1. The van der Waals surface area contributed by atoms with Crippen LogP contribution in [0.2, 0.25) is 0 Å². The predicted octanol–water partition coefficient (Wildman–Crippen LogP) is 3.47. The molecule has 0 aliphatic rings. The Labute approximate surface area is 92.5 Å². The van der Waals surface area contributed by atoms with Crippen molar-refractivity contribution in [2.45, 2.75) is 19.4 Å². The van der Waals surface area contributed by atoms with E-state index >= 15 is 0 Å². The number of benzene rings is 1. The molecule has 0 amide bonds. The van der Waals surface area contributed by atoms with Gasteiger partial charge in [-0.3, -0.25) is 0 Å². The van der Waals surface area contributed by atoms with Gasteiger partial charge in [-0.25, -0.2) is 0 Å². The summed E-state index contributed by atoms with van der Waals surface area (Å²) in [5, 5.41) is 3.44. The largest absolute Gasteiger partial charge is 0.306 e. The predicted molar refractivity (Wildman–Crippen MR) is 66.8 cm³/mol. The van der Waals surface area contributed by atoms with Gasteiger partial charge in [0.15, 0.2) is 0 Å². The van der Waals surface area contributed by atoms with E-state index in [-0.39, 0.29) is 0 Å². The maximum atomic E-state index is 3.96.